The van der Waals surface area contributed by atoms with Gasteiger partial charge in [0.1, 0.15) is 5.82 Å². The van der Waals surface area contributed by atoms with E-state index in [-0.39, 0.29) is 17.8 Å². The van der Waals surface area contributed by atoms with Crippen LogP contribution in [0.15, 0.2) is 18.2 Å². The predicted octanol–water partition coefficient (Wildman–Crippen LogP) is 2.75. The lowest BCUT2D eigenvalue weighted by Gasteiger charge is -2.14. The molecular formula is C11H12ClFO. The van der Waals surface area contributed by atoms with Crippen molar-refractivity contribution >= 4 is 11.6 Å². The number of rotatable bonds is 2. The third-order valence-corrected chi connectivity index (χ3v) is 3.44. The molecule has 76 valence electrons. The van der Waals surface area contributed by atoms with Crippen LogP contribution in [0, 0.1) is 11.7 Å². The third kappa shape index (κ3) is 1.33. The van der Waals surface area contributed by atoms with Crippen LogP contribution in [0.4, 0.5) is 4.39 Å². The summed E-state index contributed by atoms with van der Waals surface area (Å²) < 4.78 is 13.5. The van der Waals surface area contributed by atoms with E-state index in [2.05, 4.69) is 0 Å². The van der Waals surface area contributed by atoms with Crippen molar-refractivity contribution in [3.05, 3.63) is 34.6 Å². The second kappa shape index (κ2) is 3.21. The number of hydrogen-bond acceptors (Lipinski definition) is 1. The molecule has 1 saturated carbocycles. The molecule has 0 saturated heterocycles. The number of benzene rings is 1. The maximum atomic E-state index is 13.5. The molecule has 1 fully saturated rings. The van der Waals surface area contributed by atoms with Gasteiger partial charge >= 0.3 is 0 Å². The average molecular weight is 215 g/mol. The Kier molecular flexibility index (Phi) is 2.28. The molecule has 1 aromatic rings. The van der Waals surface area contributed by atoms with Gasteiger partial charge in [-0.25, -0.2) is 4.39 Å². The molecule has 0 aromatic heterocycles. The van der Waals surface area contributed by atoms with Crippen LogP contribution in [0.2, 0.25) is 5.02 Å². The summed E-state index contributed by atoms with van der Waals surface area (Å²) in [5.74, 6) is 0.0632. The third-order valence-electron chi connectivity index (χ3n) is 3.20. The Morgan fingerprint density at radius 1 is 1.64 bits per heavy atom. The molecule has 0 bridgehead atoms. The van der Waals surface area contributed by atoms with Crippen LogP contribution in [0.5, 0.6) is 0 Å². The summed E-state index contributed by atoms with van der Waals surface area (Å²) in [6, 6.07) is 4.51. The highest BCUT2D eigenvalue weighted by molar-refractivity contribution is 6.30. The van der Waals surface area contributed by atoms with Gasteiger partial charge in [-0.05, 0) is 36.1 Å². The van der Waals surface area contributed by atoms with Crippen LogP contribution in [-0.2, 0) is 5.41 Å². The van der Waals surface area contributed by atoms with Crippen molar-refractivity contribution < 1.29 is 9.50 Å². The maximum absolute atomic E-state index is 13.5. The summed E-state index contributed by atoms with van der Waals surface area (Å²) in [6.07, 6.45) is 0.834. The molecule has 0 aliphatic heterocycles. The highest BCUT2D eigenvalue weighted by Crippen LogP contribution is 2.54. The van der Waals surface area contributed by atoms with E-state index in [0.717, 1.165) is 6.42 Å². The van der Waals surface area contributed by atoms with E-state index >= 15 is 0 Å². The molecule has 2 atom stereocenters. The van der Waals surface area contributed by atoms with E-state index in [4.69, 9.17) is 11.6 Å². The highest BCUT2D eigenvalue weighted by atomic mass is 35.5. The molecule has 0 spiro atoms. The first kappa shape index (κ1) is 9.94. The van der Waals surface area contributed by atoms with Gasteiger partial charge in [0.2, 0.25) is 0 Å². The minimum absolute atomic E-state index is 0.00850. The summed E-state index contributed by atoms with van der Waals surface area (Å²) in [5, 5.41) is 9.81. The molecule has 0 heterocycles. The van der Waals surface area contributed by atoms with Crippen molar-refractivity contribution in [3.63, 3.8) is 0 Å². The molecule has 0 amide bonds. The smallest absolute Gasteiger partial charge is 0.127 e. The number of halogens is 2. The molecule has 14 heavy (non-hydrogen) atoms. The zero-order valence-electron chi connectivity index (χ0n) is 7.93. The lowest BCUT2D eigenvalue weighted by atomic mass is 9.94. The SMILES string of the molecule is CC1CC1(CO)c1cc(Cl)ccc1F. The summed E-state index contributed by atoms with van der Waals surface area (Å²) >= 11 is 5.81. The fraction of sp³-hybridized carbons (Fsp3) is 0.455. The van der Waals surface area contributed by atoms with Gasteiger partial charge in [-0.1, -0.05) is 18.5 Å². The van der Waals surface area contributed by atoms with E-state index in [1.807, 2.05) is 6.92 Å². The lowest BCUT2D eigenvalue weighted by molar-refractivity contribution is 0.244. The van der Waals surface area contributed by atoms with Gasteiger partial charge in [0.05, 0.1) is 6.61 Å². The lowest BCUT2D eigenvalue weighted by Crippen LogP contribution is -2.16. The number of aliphatic hydroxyl groups excluding tert-OH is 1. The van der Waals surface area contributed by atoms with E-state index in [1.165, 1.54) is 12.1 Å². The summed E-state index contributed by atoms with van der Waals surface area (Å²) in [5.41, 5.74) is 0.176. The van der Waals surface area contributed by atoms with Gasteiger partial charge < -0.3 is 5.11 Å². The normalized spacial score (nSPS) is 30.4. The first-order chi connectivity index (χ1) is 6.60. The second-order valence-electron chi connectivity index (χ2n) is 4.04. The largest absolute Gasteiger partial charge is 0.395 e. The fourth-order valence-electron chi connectivity index (χ4n) is 2.05. The number of aliphatic hydroxyl groups is 1. The second-order valence-corrected chi connectivity index (χ2v) is 4.48. The molecule has 2 rings (SSSR count). The molecule has 0 radical (unpaired) electrons. The average Bonchev–Trinajstić information content (AvgIpc) is 2.82. The predicted molar refractivity (Wildman–Crippen MR) is 54.0 cm³/mol. The van der Waals surface area contributed by atoms with Crippen LogP contribution < -0.4 is 0 Å². The molecule has 1 nitrogen and oxygen atoms in total. The Labute approximate surface area is 87.5 Å². The van der Waals surface area contributed by atoms with Crippen molar-refractivity contribution in [1.82, 2.24) is 0 Å². The Morgan fingerprint density at radius 2 is 2.29 bits per heavy atom. The quantitative estimate of drug-likeness (QED) is 0.803. The maximum Gasteiger partial charge on any atom is 0.127 e. The van der Waals surface area contributed by atoms with Crippen molar-refractivity contribution in [1.29, 1.82) is 0 Å². The standard InChI is InChI=1S/C11H12ClFO/c1-7-5-11(7,6-14)9-4-8(12)2-3-10(9)13/h2-4,7,14H,5-6H2,1H3. The topological polar surface area (TPSA) is 20.2 Å². The van der Waals surface area contributed by atoms with E-state index in [9.17, 15) is 9.50 Å². The van der Waals surface area contributed by atoms with Gasteiger partial charge in [0.25, 0.3) is 0 Å². The Morgan fingerprint density at radius 3 is 2.79 bits per heavy atom. The molecule has 3 heteroatoms. The molecule has 1 N–H and O–H groups in total. The fourth-order valence-corrected chi connectivity index (χ4v) is 2.22. The van der Waals surface area contributed by atoms with Crippen molar-refractivity contribution in [2.24, 2.45) is 5.92 Å². The van der Waals surface area contributed by atoms with Crippen LogP contribution in [0.1, 0.15) is 18.9 Å². The molecule has 2 unspecified atom stereocenters. The van der Waals surface area contributed by atoms with E-state index < -0.39 is 0 Å². The zero-order valence-corrected chi connectivity index (χ0v) is 8.68. The van der Waals surface area contributed by atoms with Crippen molar-refractivity contribution in [2.45, 2.75) is 18.8 Å². The van der Waals surface area contributed by atoms with Crippen LogP contribution in [-0.4, -0.2) is 11.7 Å². The minimum atomic E-state index is -0.380. The van der Waals surface area contributed by atoms with Gasteiger partial charge in [-0.15, -0.1) is 0 Å². The van der Waals surface area contributed by atoms with Crippen LogP contribution in [0.25, 0.3) is 0 Å². The molecule has 1 aromatic carbocycles. The van der Waals surface area contributed by atoms with Crippen molar-refractivity contribution in [3.8, 4) is 0 Å². The van der Waals surface area contributed by atoms with Crippen LogP contribution in [0.3, 0.4) is 0 Å². The van der Waals surface area contributed by atoms with Crippen LogP contribution >= 0.6 is 11.6 Å². The summed E-state index contributed by atoms with van der Waals surface area (Å²) in [7, 11) is 0. The highest BCUT2D eigenvalue weighted by Gasteiger charge is 2.53. The van der Waals surface area contributed by atoms with Gasteiger partial charge in [0, 0.05) is 10.4 Å². The first-order valence-electron chi connectivity index (χ1n) is 4.66. The summed E-state index contributed by atoms with van der Waals surface area (Å²) in [6.45, 7) is 2.00. The Hall–Kier alpha value is -0.600. The molecule has 1 aliphatic carbocycles. The van der Waals surface area contributed by atoms with Gasteiger partial charge in [-0.3, -0.25) is 0 Å². The zero-order chi connectivity index (χ0) is 10.3. The van der Waals surface area contributed by atoms with E-state index in [0.29, 0.717) is 16.5 Å². The minimum Gasteiger partial charge on any atom is -0.395 e. The van der Waals surface area contributed by atoms with Crippen molar-refractivity contribution in [2.75, 3.05) is 6.61 Å². The Bertz CT molecular complexity index is 362. The van der Waals surface area contributed by atoms with Gasteiger partial charge in [-0.2, -0.15) is 0 Å². The van der Waals surface area contributed by atoms with E-state index in [1.54, 1.807) is 6.07 Å². The number of hydrogen-bond donors (Lipinski definition) is 1. The molecular weight excluding hydrogens is 203 g/mol. The Balaban J connectivity index is 2.45. The molecule has 1 aliphatic rings. The van der Waals surface area contributed by atoms with Gasteiger partial charge in [0.15, 0.2) is 0 Å². The summed E-state index contributed by atoms with van der Waals surface area (Å²) in [4.78, 5) is 0. The first-order valence-corrected chi connectivity index (χ1v) is 5.04. The monoisotopic (exact) mass is 214 g/mol.